The van der Waals surface area contributed by atoms with Crippen molar-refractivity contribution in [1.29, 1.82) is 0 Å². The minimum Gasteiger partial charge on any atom is -0.388 e. The highest BCUT2D eigenvalue weighted by atomic mass is 14.8. The Morgan fingerprint density at radius 1 is 0.800 bits per heavy atom. The Morgan fingerprint density at radius 3 is 2.15 bits per heavy atom. The van der Waals surface area contributed by atoms with Crippen LogP contribution in [0, 0.1) is 0 Å². The summed E-state index contributed by atoms with van der Waals surface area (Å²) in [5.41, 5.74) is 9.74. The van der Waals surface area contributed by atoms with Crippen molar-refractivity contribution in [3.63, 3.8) is 0 Å². The lowest BCUT2D eigenvalue weighted by atomic mass is 9.97. The van der Waals surface area contributed by atoms with E-state index in [4.69, 9.17) is 5.73 Å². The lowest BCUT2D eigenvalue weighted by Crippen LogP contribution is -2.11. The molecular formula is C18H18N2. The van der Waals surface area contributed by atoms with Crippen molar-refractivity contribution < 1.29 is 0 Å². The van der Waals surface area contributed by atoms with Crippen molar-refractivity contribution in [3.05, 3.63) is 77.9 Å². The van der Waals surface area contributed by atoms with E-state index in [0.717, 1.165) is 16.8 Å². The first kappa shape index (κ1) is 12.7. The van der Waals surface area contributed by atoms with Crippen LogP contribution in [-0.2, 0) is 0 Å². The Balaban J connectivity index is 1.96. The smallest absolute Gasteiger partial charge is 0.0551 e. The van der Waals surface area contributed by atoms with Gasteiger partial charge in [-0.15, -0.1) is 0 Å². The summed E-state index contributed by atoms with van der Waals surface area (Å²) in [6.07, 6.45) is 0. The van der Waals surface area contributed by atoms with E-state index in [1.54, 1.807) is 0 Å². The highest BCUT2D eigenvalue weighted by Gasteiger charge is 2.09. The van der Waals surface area contributed by atoms with Gasteiger partial charge in [0.15, 0.2) is 0 Å². The van der Waals surface area contributed by atoms with Crippen molar-refractivity contribution >= 4 is 16.5 Å². The van der Waals surface area contributed by atoms with E-state index in [2.05, 4.69) is 72.0 Å². The second-order valence-corrected chi connectivity index (χ2v) is 4.96. The molecule has 0 saturated heterocycles. The second kappa shape index (κ2) is 5.35. The fourth-order valence-electron chi connectivity index (χ4n) is 2.45. The average Bonchev–Trinajstić information content (AvgIpc) is 2.54. The van der Waals surface area contributed by atoms with E-state index >= 15 is 0 Å². The van der Waals surface area contributed by atoms with Gasteiger partial charge in [0, 0.05) is 12.7 Å². The maximum absolute atomic E-state index is 6.38. The summed E-state index contributed by atoms with van der Waals surface area (Å²) in [4.78, 5) is 0. The molecule has 0 heterocycles. The summed E-state index contributed by atoms with van der Waals surface area (Å²) >= 11 is 0. The molecular weight excluding hydrogens is 244 g/mol. The molecule has 1 atom stereocenters. The fourth-order valence-corrected chi connectivity index (χ4v) is 2.45. The Kier molecular flexibility index (Phi) is 3.40. The van der Waals surface area contributed by atoms with E-state index in [1.165, 1.54) is 10.8 Å². The van der Waals surface area contributed by atoms with Crippen LogP contribution in [0.25, 0.3) is 10.8 Å². The van der Waals surface area contributed by atoms with Crippen LogP contribution in [-0.4, -0.2) is 7.05 Å². The highest BCUT2D eigenvalue weighted by Crippen LogP contribution is 2.24. The van der Waals surface area contributed by atoms with Gasteiger partial charge in [-0.25, -0.2) is 0 Å². The molecule has 0 aliphatic rings. The van der Waals surface area contributed by atoms with Crippen LogP contribution in [0.15, 0.2) is 66.7 Å². The number of benzene rings is 3. The van der Waals surface area contributed by atoms with Crippen molar-refractivity contribution in [2.45, 2.75) is 6.04 Å². The Labute approximate surface area is 119 Å². The topological polar surface area (TPSA) is 38.0 Å². The molecule has 0 amide bonds. The molecule has 0 aliphatic heterocycles. The minimum absolute atomic E-state index is 0.0921. The summed E-state index contributed by atoms with van der Waals surface area (Å²) in [5, 5.41) is 5.59. The molecule has 2 nitrogen and oxygen atoms in total. The van der Waals surface area contributed by atoms with Crippen LogP contribution in [0.3, 0.4) is 0 Å². The Bertz CT molecular complexity index is 717. The predicted molar refractivity (Wildman–Crippen MR) is 86.0 cm³/mol. The Hall–Kier alpha value is -2.32. The monoisotopic (exact) mass is 262 g/mol. The van der Waals surface area contributed by atoms with Gasteiger partial charge in [0.1, 0.15) is 0 Å². The molecule has 0 aliphatic carbocycles. The molecule has 20 heavy (non-hydrogen) atoms. The Morgan fingerprint density at radius 2 is 1.45 bits per heavy atom. The zero-order chi connectivity index (χ0) is 13.9. The van der Waals surface area contributed by atoms with Gasteiger partial charge in [-0.1, -0.05) is 48.5 Å². The summed E-state index contributed by atoms with van der Waals surface area (Å²) in [6, 6.07) is 22.9. The molecule has 0 bridgehead atoms. The lowest BCUT2D eigenvalue weighted by Gasteiger charge is -2.14. The van der Waals surface area contributed by atoms with Crippen LogP contribution in [0.5, 0.6) is 0 Å². The third kappa shape index (κ3) is 2.38. The average molecular weight is 262 g/mol. The molecule has 3 aromatic carbocycles. The van der Waals surface area contributed by atoms with Crippen LogP contribution >= 0.6 is 0 Å². The van der Waals surface area contributed by atoms with E-state index in [0.29, 0.717) is 0 Å². The van der Waals surface area contributed by atoms with Crippen molar-refractivity contribution in [2.75, 3.05) is 12.4 Å². The van der Waals surface area contributed by atoms with Crippen LogP contribution in [0.2, 0.25) is 0 Å². The minimum atomic E-state index is -0.0921. The van der Waals surface area contributed by atoms with Crippen molar-refractivity contribution in [1.82, 2.24) is 0 Å². The molecule has 0 saturated carbocycles. The number of fused-ring (bicyclic) bond motifs is 1. The van der Waals surface area contributed by atoms with Crippen LogP contribution in [0.1, 0.15) is 17.2 Å². The van der Waals surface area contributed by atoms with Gasteiger partial charge >= 0.3 is 0 Å². The maximum atomic E-state index is 6.38. The lowest BCUT2D eigenvalue weighted by molar-refractivity contribution is 0.873. The van der Waals surface area contributed by atoms with E-state index in [-0.39, 0.29) is 6.04 Å². The normalized spacial score (nSPS) is 12.3. The molecule has 3 N–H and O–H groups in total. The van der Waals surface area contributed by atoms with Gasteiger partial charge in [0.25, 0.3) is 0 Å². The molecule has 0 fully saturated rings. The third-order valence-electron chi connectivity index (χ3n) is 3.69. The first-order chi connectivity index (χ1) is 9.78. The van der Waals surface area contributed by atoms with Gasteiger partial charge < -0.3 is 11.1 Å². The van der Waals surface area contributed by atoms with E-state index in [9.17, 15) is 0 Å². The standard InChI is InChI=1S/C18H18N2/c1-20-17-10-8-14(9-11-17)18(19)16-7-6-13-4-2-3-5-15(13)12-16/h2-12,18,20H,19H2,1H3. The molecule has 0 radical (unpaired) electrons. The van der Waals surface area contributed by atoms with Crippen molar-refractivity contribution in [3.8, 4) is 0 Å². The third-order valence-corrected chi connectivity index (χ3v) is 3.69. The highest BCUT2D eigenvalue weighted by molar-refractivity contribution is 5.83. The first-order valence-electron chi connectivity index (χ1n) is 6.80. The molecule has 0 spiro atoms. The number of nitrogens with two attached hydrogens (primary N) is 1. The number of anilines is 1. The van der Waals surface area contributed by atoms with Gasteiger partial charge in [0.05, 0.1) is 6.04 Å². The predicted octanol–water partition coefficient (Wildman–Crippen LogP) is 3.93. The van der Waals surface area contributed by atoms with Gasteiger partial charge in [-0.2, -0.15) is 0 Å². The molecule has 0 aromatic heterocycles. The number of hydrogen-bond donors (Lipinski definition) is 2. The number of hydrogen-bond acceptors (Lipinski definition) is 2. The second-order valence-electron chi connectivity index (χ2n) is 4.96. The number of nitrogens with one attached hydrogen (secondary N) is 1. The first-order valence-corrected chi connectivity index (χ1v) is 6.80. The van der Waals surface area contributed by atoms with Crippen LogP contribution < -0.4 is 11.1 Å². The van der Waals surface area contributed by atoms with Crippen LogP contribution in [0.4, 0.5) is 5.69 Å². The van der Waals surface area contributed by atoms with Crippen molar-refractivity contribution in [2.24, 2.45) is 5.73 Å². The van der Waals surface area contributed by atoms with E-state index in [1.807, 2.05) is 7.05 Å². The zero-order valence-corrected chi connectivity index (χ0v) is 11.5. The molecule has 3 rings (SSSR count). The van der Waals surface area contributed by atoms with Gasteiger partial charge in [0.2, 0.25) is 0 Å². The van der Waals surface area contributed by atoms with Gasteiger partial charge in [-0.05, 0) is 40.1 Å². The SMILES string of the molecule is CNc1ccc(C(N)c2ccc3ccccc3c2)cc1. The number of rotatable bonds is 3. The largest absolute Gasteiger partial charge is 0.388 e. The quantitative estimate of drug-likeness (QED) is 0.750. The molecule has 1 unspecified atom stereocenters. The zero-order valence-electron chi connectivity index (χ0n) is 11.5. The fraction of sp³-hybridized carbons (Fsp3) is 0.111. The maximum Gasteiger partial charge on any atom is 0.0551 e. The van der Waals surface area contributed by atoms with E-state index < -0.39 is 0 Å². The summed E-state index contributed by atoms with van der Waals surface area (Å²) < 4.78 is 0. The molecule has 3 aromatic rings. The molecule has 100 valence electrons. The van der Waals surface area contributed by atoms with Gasteiger partial charge in [-0.3, -0.25) is 0 Å². The summed E-state index contributed by atoms with van der Waals surface area (Å²) in [6.45, 7) is 0. The molecule has 2 heteroatoms. The summed E-state index contributed by atoms with van der Waals surface area (Å²) in [7, 11) is 1.91. The summed E-state index contributed by atoms with van der Waals surface area (Å²) in [5.74, 6) is 0.